The first-order valence-electron chi connectivity index (χ1n) is 6.80. The smallest absolute Gasteiger partial charge is 0.239 e. The Balaban J connectivity index is 1.92. The number of amides is 1. The lowest BCUT2D eigenvalue weighted by Crippen LogP contribution is -2.38. The van der Waals surface area contributed by atoms with E-state index in [1.54, 1.807) is 16.9 Å². The molecule has 2 heterocycles. The molecule has 0 bridgehead atoms. The first-order chi connectivity index (χ1) is 9.11. The van der Waals surface area contributed by atoms with E-state index < -0.39 is 0 Å². The lowest BCUT2D eigenvalue weighted by Gasteiger charge is -2.22. The van der Waals surface area contributed by atoms with Gasteiger partial charge in [0, 0.05) is 18.2 Å². The molecule has 0 aliphatic carbocycles. The second-order valence-electron chi connectivity index (χ2n) is 5.25. The van der Waals surface area contributed by atoms with Crippen LogP contribution < -0.4 is 5.32 Å². The molecule has 1 aliphatic heterocycles. The number of nitrogens with one attached hydrogen (secondary N) is 1. The Morgan fingerprint density at radius 1 is 1.63 bits per heavy atom. The number of anilines is 1. The fourth-order valence-electron chi connectivity index (χ4n) is 2.50. The van der Waals surface area contributed by atoms with Crippen molar-refractivity contribution >= 4 is 11.7 Å². The third kappa shape index (κ3) is 3.33. The molecular formula is C13H22N4O2. The highest BCUT2D eigenvalue weighted by Crippen LogP contribution is 2.17. The Morgan fingerprint density at radius 3 is 3.11 bits per heavy atom. The first kappa shape index (κ1) is 14.0. The highest BCUT2D eigenvalue weighted by atomic mass is 16.3. The van der Waals surface area contributed by atoms with E-state index in [-0.39, 0.29) is 24.6 Å². The van der Waals surface area contributed by atoms with Gasteiger partial charge in [0.05, 0.1) is 19.3 Å². The van der Waals surface area contributed by atoms with Gasteiger partial charge in [-0.15, -0.1) is 0 Å². The number of hydrogen-bond donors (Lipinski definition) is 2. The Bertz CT molecular complexity index is 430. The highest BCUT2D eigenvalue weighted by molar-refractivity contribution is 5.91. The molecule has 1 fully saturated rings. The fourth-order valence-corrected chi connectivity index (χ4v) is 2.50. The average molecular weight is 266 g/mol. The first-order valence-corrected chi connectivity index (χ1v) is 6.80. The maximum absolute atomic E-state index is 12.0. The maximum Gasteiger partial charge on any atom is 0.239 e. The van der Waals surface area contributed by atoms with Gasteiger partial charge >= 0.3 is 0 Å². The van der Waals surface area contributed by atoms with Crippen LogP contribution in [0.1, 0.15) is 32.7 Å². The maximum atomic E-state index is 12.0. The molecule has 0 radical (unpaired) electrons. The van der Waals surface area contributed by atoms with Crippen molar-refractivity contribution < 1.29 is 9.90 Å². The molecule has 2 rings (SSSR count). The molecule has 1 atom stereocenters. The fraction of sp³-hybridized carbons (Fsp3) is 0.692. The second-order valence-corrected chi connectivity index (χ2v) is 5.25. The van der Waals surface area contributed by atoms with Crippen LogP contribution >= 0.6 is 0 Å². The largest absolute Gasteiger partial charge is 0.395 e. The van der Waals surface area contributed by atoms with Gasteiger partial charge in [-0.1, -0.05) is 0 Å². The summed E-state index contributed by atoms with van der Waals surface area (Å²) < 4.78 is 1.78. The van der Waals surface area contributed by atoms with Crippen LogP contribution in [0.15, 0.2) is 12.3 Å². The topological polar surface area (TPSA) is 70.4 Å². The molecule has 1 saturated heterocycles. The minimum Gasteiger partial charge on any atom is -0.395 e. The van der Waals surface area contributed by atoms with Gasteiger partial charge in [0.25, 0.3) is 0 Å². The van der Waals surface area contributed by atoms with Gasteiger partial charge in [-0.25, -0.2) is 4.68 Å². The van der Waals surface area contributed by atoms with Crippen LogP contribution in [0, 0.1) is 0 Å². The van der Waals surface area contributed by atoms with Crippen molar-refractivity contribution in [2.45, 2.75) is 38.8 Å². The van der Waals surface area contributed by atoms with E-state index in [1.807, 2.05) is 18.7 Å². The molecule has 106 valence electrons. The van der Waals surface area contributed by atoms with E-state index >= 15 is 0 Å². The van der Waals surface area contributed by atoms with Crippen molar-refractivity contribution in [2.24, 2.45) is 0 Å². The molecule has 1 aromatic heterocycles. The number of aromatic nitrogens is 2. The number of aliphatic hydroxyl groups is 1. The Labute approximate surface area is 113 Å². The molecule has 1 amide bonds. The predicted octanol–water partition coefficient (Wildman–Crippen LogP) is 0.859. The minimum atomic E-state index is -0.0530. The Morgan fingerprint density at radius 2 is 2.42 bits per heavy atom. The number of aliphatic hydroxyl groups excluding tert-OH is 1. The predicted molar refractivity (Wildman–Crippen MR) is 72.9 cm³/mol. The van der Waals surface area contributed by atoms with Crippen molar-refractivity contribution in [3.8, 4) is 0 Å². The summed E-state index contributed by atoms with van der Waals surface area (Å²) >= 11 is 0. The van der Waals surface area contributed by atoms with E-state index in [1.165, 1.54) is 0 Å². The van der Waals surface area contributed by atoms with Gasteiger partial charge in [0.15, 0.2) is 0 Å². The number of likely N-dealkylation sites (tertiary alicyclic amines) is 1. The van der Waals surface area contributed by atoms with Crippen LogP contribution in [0.2, 0.25) is 0 Å². The number of nitrogens with zero attached hydrogens (tertiary/aromatic N) is 3. The molecule has 1 aliphatic rings. The summed E-state index contributed by atoms with van der Waals surface area (Å²) in [5.74, 6) is 0.669. The molecule has 0 aromatic carbocycles. The average Bonchev–Trinajstić information content (AvgIpc) is 2.97. The zero-order chi connectivity index (χ0) is 13.8. The van der Waals surface area contributed by atoms with E-state index in [0.29, 0.717) is 6.54 Å². The standard InChI is InChI=1S/C13H22N4O2/c1-10(2)17-12(5-6-14-17)15-13(19)8-16-7-3-4-11(16)9-18/h5-6,10-11,18H,3-4,7-9H2,1-2H3,(H,15,19)/t11-/m0/s1. The number of carbonyl (C=O) groups is 1. The van der Waals surface area contributed by atoms with E-state index in [4.69, 9.17) is 0 Å². The van der Waals surface area contributed by atoms with E-state index in [9.17, 15) is 9.90 Å². The molecule has 19 heavy (non-hydrogen) atoms. The molecule has 0 unspecified atom stereocenters. The zero-order valence-corrected chi connectivity index (χ0v) is 11.5. The Kier molecular flexibility index (Phi) is 4.55. The van der Waals surface area contributed by atoms with Crippen LogP contribution in [-0.2, 0) is 4.79 Å². The summed E-state index contributed by atoms with van der Waals surface area (Å²) in [7, 11) is 0. The van der Waals surface area contributed by atoms with Crippen LogP contribution in [-0.4, -0.2) is 51.4 Å². The number of rotatable bonds is 5. The van der Waals surface area contributed by atoms with Crippen LogP contribution in [0.5, 0.6) is 0 Å². The summed E-state index contributed by atoms with van der Waals surface area (Å²) in [4.78, 5) is 14.1. The third-order valence-corrected chi connectivity index (χ3v) is 3.48. The third-order valence-electron chi connectivity index (χ3n) is 3.48. The molecular weight excluding hydrogens is 244 g/mol. The van der Waals surface area contributed by atoms with Crippen molar-refractivity contribution in [3.05, 3.63) is 12.3 Å². The number of carbonyl (C=O) groups excluding carboxylic acids is 1. The molecule has 6 heteroatoms. The zero-order valence-electron chi connectivity index (χ0n) is 11.5. The SMILES string of the molecule is CC(C)n1nccc1NC(=O)CN1CCC[C@H]1CO. The van der Waals surface area contributed by atoms with Gasteiger partial charge in [0.1, 0.15) is 5.82 Å². The highest BCUT2D eigenvalue weighted by Gasteiger charge is 2.25. The summed E-state index contributed by atoms with van der Waals surface area (Å²) in [6.07, 6.45) is 3.69. The van der Waals surface area contributed by atoms with Gasteiger partial charge in [-0.05, 0) is 33.2 Å². The molecule has 6 nitrogen and oxygen atoms in total. The van der Waals surface area contributed by atoms with Crippen molar-refractivity contribution in [3.63, 3.8) is 0 Å². The monoisotopic (exact) mass is 266 g/mol. The molecule has 1 aromatic rings. The summed E-state index contributed by atoms with van der Waals surface area (Å²) in [6, 6.07) is 2.13. The molecule has 0 saturated carbocycles. The van der Waals surface area contributed by atoms with E-state index in [2.05, 4.69) is 10.4 Å². The lowest BCUT2D eigenvalue weighted by molar-refractivity contribution is -0.117. The van der Waals surface area contributed by atoms with E-state index in [0.717, 1.165) is 25.2 Å². The summed E-state index contributed by atoms with van der Waals surface area (Å²) in [6.45, 7) is 5.36. The minimum absolute atomic E-state index is 0.0530. The normalized spacial score (nSPS) is 20.1. The second kappa shape index (κ2) is 6.16. The summed E-state index contributed by atoms with van der Waals surface area (Å²) in [5, 5.41) is 16.3. The van der Waals surface area contributed by atoms with Gasteiger partial charge in [-0.3, -0.25) is 9.69 Å². The van der Waals surface area contributed by atoms with Gasteiger partial charge < -0.3 is 10.4 Å². The van der Waals surface area contributed by atoms with Crippen LogP contribution in [0.3, 0.4) is 0 Å². The number of hydrogen-bond acceptors (Lipinski definition) is 4. The van der Waals surface area contributed by atoms with Gasteiger partial charge in [-0.2, -0.15) is 5.10 Å². The van der Waals surface area contributed by atoms with Crippen LogP contribution in [0.25, 0.3) is 0 Å². The Hall–Kier alpha value is -1.40. The summed E-state index contributed by atoms with van der Waals surface area (Å²) in [5.41, 5.74) is 0. The quantitative estimate of drug-likeness (QED) is 0.829. The van der Waals surface area contributed by atoms with Crippen LogP contribution in [0.4, 0.5) is 5.82 Å². The van der Waals surface area contributed by atoms with Gasteiger partial charge in [0.2, 0.25) is 5.91 Å². The lowest BCUT2D eigenvalue weighted by atomic mass is 10.2. The van der Waals surface area contributed by atoms with Crippen molar-refractivity contribution in [1.82, 2.24) is 14.7 Å². The van der Waals surface area contributed by atoms with Crippen molar-refractivity contribution in [2.75, 3.05) is 25.0 Å². The molecule has 0 spiro atoms. The van der Waals surface area contributed by atoms with Crippen molar-refractivity contribution in [1.29, 1.82) is 0 Å². The molecule has 2 N–H and O–H groups in total.